The van der Waals surface area contributed by atoms with Crippen LogP contribution in [-0.4, -0.2) is 10.9 Å². The first-order valence-electron chi connectivity index (χ1n) is 5.78. The van der Waals surface area contributed by atoms with Crippen LogP contribution >= 0.6 is 23.4 Å². The summed E-state index contributed by atoms with van der Waals surface area (Å²) in [6, 6.07) is 15.6. The SMILES string of the molecule is Cc1ccc(SC[C@@H](O)c2ccc(Cl)cc2)cc1. The molecule has 0 saturated heterocycles. The molecule has 1 N–H and O–H groups in total. The number of aliphatic hydroxyl groups excluding tert-OH is 1. The maximum absolute atomic E-state index is 10.1. The molecule has 2 rings (SSSR count). The summed E-state index contributed by atoms with van der Waals surface area (Å²) < 4.78 is 0. The van der Waals surface area contributed by atoms with Crippen LogP contribution < -0.4 is 0 Å². The van der Waals surface area contributed by atoms with Crippen molar-refractivity contribution >= 4 is 23.4 Å². The molecule has 3 heteroatoms. The van der Waals surface area contributed by atoms with Gasteiger partial charge in [0.15, 0.2) is 0 Å². The predicted molar refractivity (Wildman–Crippen MR) is 78.3 cm³/mol. The third kappa shape index (κ3) is 3.77. The average molecular weight is 279 g/mol. The second-order valence-corrected chi connectivity index (χ2v) is 5.72. The van der Waals surface area contributed by atoms with Gasteiger partial charge in [-0.1, -0.05) is 41.4 Å². The highest BCUT2D eigenvalue weighted by Gasteiger charge is 2.07. The topological polar surface area (TPSA) is 20.2 Å². The molecule has 0 saturated carbocycles. The molecule has 0 radical (unpaired) electrons. The van der Waals surface area contributed by atoms with Crippen molar-refractivity contribution in [3.63, 3.8) is 0 Å². The highest BCUT2D eigenvalue weighted by atomic mass is 35.5. The zero-order chi connectivity index (χ0) is 13.0. The Hall–Kier alpha value is -0.960. The molecule has 0 aliphatic heterocycles. The molecule has 0 aliphatic carbocycles. The maximum Gasteiger partial charge on any atom is 0.0883 e. The van der Waals surface area contributed by atoms with Gasteiger partial charge in [-0.2, -0.15) is 0 Å². The Kier molecular flexibility index (Phi) is 4.70. The van der Waals surface area contributed by atoms with E-state index in [1.54, 1.807) is 23.9 Å². The summed E-state index contributed by atoms with van der Waals surface area (Å²) in [6.45, 7) is 2.07. The average Bonchev–Trinajstić information content (AvgIpc) is 2.38. The summed E-state index contributed by atoms with van der Waals surface area (Å²) in [6.07, 6.45) is -0.464. The number of thioether (sulfide) groups is 1. The van der Waals surface area contributed by atoms with Crippen molar-refractivity contribution < 1.29 is 5.11 Å². The van der Waals surface area contributed by atoms with E-state index in [1.807, 2.05) is 12.1 Å². The van der Waals surface area contributed by atoms with Gasteiger partial charge in [-0.3, -0.25) is 0 Å². The first-order chi connectivity index (χ1) is 8.65. The lowest BCUT2D eigenvalue weighted by Crippen LogP contribution is -2.00. The van der Waals surface area contributed by atoms with E-state index in [0.717, 1.165) is 5.56 Å². The number of aliphatic hydroxyl groups is 1. The van der Waals surface area contributed by atoms with Crippen molar-refractivity contribution in [2.45, 2.75) is 17.9 Å². The van der Waals surface area contributed by atoms with Crippen LogP contribution in [0.15, 0.2) is 53.4 Å². The summed E-state index contributed by atoms with van der Waals surface area (Å²) in [5.74, 6) is 0.644. The molecule has 94 valence electrons. The molecule has 1 nitrogen and oxygen atoms in total. The number of benzene rings is 2. The van der Waals surface area contributed by atoms with Crippen LogP contribution in [0.5, 0.6) is 0 Å². The quantitative estimate of drug-likeness (QED) is 0.833. The fourth-order valence-electron chi connectivity index (χ4n) is 1.59. The minimum Gasteiger partial charge on any atom is -0.388 e. The zero-order valence-electron chi connectivity index (χ0n) is 10.1. The normalized spacial score (nSPS) is 12.4. The molecule has 0 aliphatic rings. The molecule has 0 amide bonds. The first kappa shape index (κ1) is 13.5. The van der Waals surface area contributed by atoms with Crippen LogP contribution in [0.1, 0.15) is 17.2 Å². The van der Waals surface area contributed by atoms with E-state index in [9.17, 15) is 5.11 Å². The summed E-state index contributed by atoms with van der Waals surface area (Å²) in [4.78, 5) is 1.17. The van der Waals surface area contributed by atoms with Crippen LogP contribution in [0.4, 0.5) is 0 Å². The van der Waals surface area contributed by atoms with E-state index in [2.05, 4.69) is 31.2 Å². The molecule has 0 heterocycles. The number of hydrogen-bond donors (Lipinski definition) is 1. The smallest absolute Gasteiger partial charge is 0.0883 e. The minimum atomic E-state index is -0.464. The van der Waals surface area contributed by atoms with Gasteiger partial charge in [-0.25, -0.2) is 0 Å². The second kappa shape index (κ2) is 6.28. The van der Waals surface area contributed by atoms with E-state index < -0.39 is 6.10 Å². The fourth-order valence-corrected chi connectivity index (χ4v) is 2.59. The number of halogens is 1. The third-order valence-electron chi connectivity index (χ3n) is 2.68. The van der Waals surface area contributed by atoms with E-state index in [1.165, 1.54) is 10.5 Å². The highest BCUT2D eigenvalue weighted by molar-refractivity contribution is 7.99. The fraction of sp³-hybridized carbons (Fsp3) is 0.200. The van der Waals surface area contributed by atoms with Gasteiger partial charge in [-0.05, 0) is 36.8 Å². The van der Waals surface area contributed by atoms with Gasteiger partial charge < -0.3 is 5.11 Å². The van der Waals surface area contributed by atoms with Gasteiger partial charge in [0.25, 0.3) is 0 Å². The zero-order valence-corrected chi connectivity index (χ0v) is 11.7. The van der Waals surface area contributed by atoms with Gasteiger partial charge in [0.2, 0.25) is 0 Å². The Bertz CT molecular complexity index is 493. The molecule has 18 heavy (non-hydrogen) atoms. The Morgan fingerprint density at radius 2 is 1.67 bits per heavy atom. The highest BCUT2D eigenvalue weighted by Crippen LogP contribution is 2.25. The van der Waals surface area contributed by atoms with Crippen molar-refractivity contribution in [2.75, 3.05) is 5.75 Å². The van der Waals surface area contributed by atoms with Gasteiger partial charge in [0.1, 0.15) is 0 Å². The van der Waals surface area contributed by atoms with Crippen LogP contribution in [0.25, 0.3) is 0 Å². The standard InChI is InChI=1S/C15H15ClOS/c1-11-2-8-14(9-3-11)18-10-15(17)12-4-6-13(16)7-5-12/h2-9,15,17H,10H2,1H3/t15-/m1/s1. The largest absolute Gasteiger partial charge is 0.388 e. The molecule has 1 atom stereocenters. The summed E-state index contributed by atoms with van der Waals surface area (Å²) >= 11 is 7.47. The van der Waals surface area contributed by atoms with E-state index in [0.29, 0.717) is 10.8 Å². The molecule has 0 spiro atoms. The van der Waals surface area contributed by atoms with Crippen LogP contribution in [0.2, 0.25) is 5.02 Å². The van der Waals surface area contributed by atoms with Gasteiger partial charge in [0, 0.05) is 15.7 Å². The van der Waals surface area contributed by atoms with Crippen LogP contribution in [-0.2, 0) is 0 Å². The maximum atomic E-state index is 10.1. The number of hydrogen-bond acceptors (Lipinski definition) is 2. The van der Waals surface area contributed by atoms with Crippen molar-refractivity contribution in [1.82, 2.24) is 0 Å². The lowest BCUT2D eigenvalue weighted by Gasteiger charge is -2.10. The molecule has 0 bridgehead atoms. The first-order valence-corrected chi connectivity index (χ1v) is 7.14. The number of rotatable bonds is 4. The van der Waals surface area contributed by atoms with Gasteiger partial charge in [0.05, 0.1) is 6.10 Å². The molecule has 2 aromatic rings. The molecule has 0 unspecified atom stereocenters. The molecule has 0 aromatic heterocycles. The summed E-state index contributed by atoms with van der Waals surface area (Å²) in [5, 5.41) is 10.8. The van der Waals surface area contributed by atoms with E-state index in [4.69, 9.17) is 11.6 Å². The van der Waals surface area contributed by atoms with Crippen LogP contribution in [0, 0.1) is 6.92 Å². The summed E-state index contributed by atoms with van der Waals surface area (Å²) in [7, 11) is 0. The Labute approximate surface area is 117 Å². The Morgan fingerprint density at radius 3 is 2.28 bits per heavy atom. The van der Waals surface area contributed by atoms with Crippen molar-refractivity contribution in [2.24, 2.45) is 0 Å². The second-order valence-electron chi connectivity index (χ2n) is 4.19. The van der Waals surface area contributed by atoms with Gasteiger partial charge in [-0.15, -0.1) is 11.8 Å². The predicted octanol–water partition coefficient (Wildman–Crippen LogP) is 4.47. The third-order valence-corrected chi connectivity index (χ3v) is 4.02. The van der Waals surface area contributed by atoms with E-state index >= 15 is 0 Å². The molecular formula is C15H15ClOS. The monoisotopic (exact) mass is 278 g/mol. The molecule has 0 fully saturated rings. The van der Waals surface area contributed by atoms with Gasteiger partial charge >= 0.3 is 0 Å². The Balaban J connectivity index is 1.93. The van der Waals surface area contributed by atoms with E-state index in [-0.39, 0.29) is 0 Å². The Morgan fingerprint density at radius 1 is 1.06 bits per heavy atom. The lowest BCUT2D eigenvalue weighted by atomic mass is 10.1. The summed E-state index contributed by atoms with van der Waals surface area (Å²) in [5.41, 5.74) is 2.15. The van der Waals surface area contributed by atoms with Crippen molar-refractivity contribution in [3.05, 3.63) is 64.7 Å². The number of aryl methyl sites for hydroxylation is 1. The van der Waals surface area contributed by atoms with Crippen LogP contribution in [0.3, 0.4) is 0 Å². The van der Waals surface area contributed by atoms with Crippen molar-refractivity contribution in [1.29, 1.82) is 0 Å². The minimum absolute atomic E-state index is 0.464. The lowest BCUT2D eigenvalue weighted by molar-refractivity contribution is 0.204. The molecular weight excluding hydrogens is 264 g/mol. The molecule has 2 aromatic carbocycles. The van der Waals surface area contributed by atoms with Crippen molar-refractivity contribution in [3.8, 4) is 0 Å².